The zero-order chi connectivity index (χ0) is 20.1. The van der Waals surface area contributed by atoms with Gasteiger partial charge in [-0.05, 0) is 36.4 Å². The SMILES string of the molecule is COc1ccc(OCC(=O)N2CCN(Cc3nc(-c4ccco4)cs3)CC2)cc1. The van der Waals surface area contributed by atoms with E-state index in [0.29, 0.717) is 18.8 Å². The van der Waals surface area contributed by atoms with E-state index in [0.717, 1.165) is 41.8 Å². The Morgan fingerprint density at radius 3 is 2.59 bits per heavy atom. The Balaban J connectivity index is 1.22. The molecule has 0 N–H and O–H groups in total. The number of benzene rings is 1. The summed E-state index contributed by atoms with van der Waals surface area (Å²) in [5.74, 6) is 2.22. The monoisotopic (exact) mass is 413 g/mol. The van der Waals surface area contributed by atoms with Crippen molar-refractivity contribution in [3.8, 4) is 23.0 Å². The molecule has 2 aromatic heterocycles. The quantitative estimate of drug-likeness (QED) is 0.593. The molecule has 3 aromatic rings. The summed E-state index contributed by atoms with van der Waals surface area (Å²) in [4.78, 5) is 21.3. The molecule has 7 nitrogen and oxygen atoms in total. The van der Waals surface area contributed by atoms with Crippen molar-refractivity contribution in [3.63, 3.8) is 0 Å². The smallest absolute Gasteiger partial charge is 0.260 e. The van der Waals surface area contributed by atoms with Crippen molar-refractivity contribution in [2.24, 2.45) is 0 Å². The predicted octanol–water partition coefficient (Wildman–Crippen LogP) is 3.13. The van der Waals surface area contributed by atoms with E-state index in [2.05, 4.69) is 9.88 Å². The van der Waals surface area contributed by atoms with E-state index in [1.165, 1.54) is 0 Å². The normalized spacial score (nSPS) is 14.7. The van der Waals surface area contributed by atoms with Crippen LogP contribution in [-0.4, -0.2) is 60.6 Å². The fourth-order valence-corrected chi connectivity index (χ4v) is 4.00. The zero-order valence-electron chi connectivity index (χ0n) is 16.2. The van der Waals surface area contributed by atoms with Gasteiger partial charge in [0, 0.05) is 31.6 Å². The molecule has 8 heteroatoms. The minimum absolute atomic E-state index is 0.00909. The van der Waals surface area contributed by atoms with E-state index in [1.807, 2.05) is 34.5 Å². The first-order valence-corrected chi connectivity index (χ1v) is 10.3. The third kappa shape index (κ3) is 4.96. The highest BCUT2D eigenvalue weighted by Crippen LogP contribution is 2.23. The predicted molar refractivity (Wildman–Crippen MR) is 110 cm³/mol. The van der Waals surface area contributed by atoms with Gasteiger partial charge in [0.25, 0.3) is 5.91 Å². The number of amides is 1. The van der Waals surface area contributed by atoms with Crippen LogP contribution in [0.4, 0.5) is 0 Å². The van der Waals surface area contributed by atoms with Crippen molar-refractivity contribution in [1.29, 1.82) is 0 Å². The lowest BCUT2D eigenvalue weighted by Crippen LogP contribution is -2.49. The molecule has 1 aromatic carbocycles. The average Bonchev–Trinajstić information content (AvgIpc) is 3.45. The molecule has 3 heterocycles. The first-order valence-electron chi connectivity index (χ1n) is 9.46. The van der Waals surface area contributed by atoms with Gasteiger partial charge < -0.3 is 18.8 Å². The van der Waals surface area contributed by atoms with Gasteiger partial charge in [0.1, 0.15) is 22.2 Å². The number of piperazine rings is 1. The Kier molecular flexibility index (Phi) is 6.12. The van der Waals surface area contributed by atoms with Gasteiger partial charge in [-0.1, -0.05) is 0 Å². The number of furan rings is 1. The van der Waals surface area contributed by atoms with Crippen molar-refractivity contribution in [1.82, 2.24) is 14.8 Å². The van der Waals surface area contributed by atoms with Crippen LogP contribution in [0, 0.1) is 0 Å². The Morgan fingerprint density at radius 1 is 1.14 bits per heavy atom. The lowest BCUT2D eigenvalue weighted by atomic mass is 10.3. The fraction of sp³-hybridized carbons (Fsp3) is 0.333. The Bertz CT molecular complexity index is 916. The maximum absolute atomic E-state index is 12.4. The number of rotatable bonds is 7. The van der Waals surface area contributed by atoms with Crippen molar-refractivity contribution < 1.29 is 18.7 Å². The van der Waals surface area contributed by atoms with E-state index in [9.17, 15) is 4.79 Å². The second-order valence-corrected chi connectivity index (χ2v) is 7.67. The van der Waals surface area contributed by atoms with Crippen LogP contribution in [0.15, 0.2) is 52.5 Å². The summed E-state index contributed by atoms with van der Waals surface area (Å²) in [5.41, 5.74) is 0.875. The molecule has 1 fully saturated rings. The van der Waals surface area contributed by atoms with E-state index in [-0.39, 0.29) is 12.5 Å². The summed E-state index contributed by atoms with van der Waals surface area (Å²) >= 11 is 1.63. The molecule has 0 saturated carbocycles. The van der Waals surface area contributed by atoms with Crippen LogP contribution in [0.5, 0.6) is 11.5 Å². The van der Waals surface area contributed by atoms with Gasteiger partial charge in [0.2, 0.25) is 0 Å². The molecule has 1 aliphatic rings. The molecule has 0 unspecified atom stereocenters. The fourth-order valence-electron chi connectivity index (χ4n) is 3.18. The second kappa shape index (κ2) is 9.11. The molecule has 152 valence electrons. The third-order valence-corrected chi connectivity index (χ3v) is 5.66. The van der Waals surface area contributed by atoms with Crippen molar-refractivity contribution in [2.75, 3.05) is 39.9 Å². The number of carbonyl (C=O) groups is 1. The number of methoxy groups -OCH3 is 1. The number of hydrogen-bond acceptors (Lipinski definition) is 7. The van der Waals surface area contributed by atoms with Crippen molar-refractivity contribution in [3.05, 3.63) is 53.0 Å². The van der Waals surface area contributed by atoms with E-state index in [4.69, 9.17) is 13.9 Å². The molecular formula is C21H23N3O4S. The third-order valence-electron chi connectivity index (χ3n) is 4.83. The summed E-state index contributed by atoms with van der Waals surface area (Å²) in [5, 5.41) is 3.07. The molecule has 4 rings (SSSR count). The molecular weight excluding hydrogens is 390 g/mol. The first-order chi connectivity index (χ1) is 14.2. The van der Waals surface area contributed by atoms with Gasteiger partial charge in [-0.2, -0.15) is 0 Å². The molecule has 1 amide bonds. The van der Waals surface area contributed by atoms with Crippen LogP contribution < -0.4 is 9.47 Å². The van der Waals surface area contributed by atoms with Gasteiger partial charge in [-0.25, -0.2) is 4.98 Å². The molecule has 0 aliphatic carbocycles. The maximum atomic E-state index is 12.4. The van der Waals surface area contributed by atoms with Crippen molar-refractivity contribution >= 4 is 17.2 Å². The highest BCUT2D eigenvalue weighted by molar-refractivity contribution is 7.09. The van der Waals surface area contributed by atoms with E-state index >= 15 is 0 Å². The standard InChI is InChI=1S/C21H23N3O4S/c1-26-16-4-6-17(7-5-16)28-14-21(25)24-10-8-23(9-11-24)13-20-22-18(15-29-20)19-3-2-12-27-19/h2-7,12,15H,8-11,13-14H2,1H3. The lowest BCUT2D eigenvalue weighted by molar-refractivity contribution is -0.135. The maximum Gasteiger partial charge on any atom is 0.260 e. The van der Waals surface area contributed by atoms with Crippen molar-refractivity contribution in [2.45, 2.75) is 6.54 Å². The second-order valence-electron chi connectivity index (χ2n) is 6.72. The zero-order valence-corrected chi connectivity index (χ0v) is 17.1. The van der Waals surface area contributed by atoms with Crippen LogP contribution in [0.25, 0.3) is 11.5 Å². The van der Waals surface area contributed by atoms with Crippen LogP contribution in [-0.2, 0) is 11.3 Å². The number of carbonyl (C=O) groups excluding carboxylic acids is 1. The number of thiazole rings is 1. The Morgan fingerprint density at radius 2 is 1.90 bits per heavy atom. The summed E-state index contributed by atoms with van der Waals surface area (Å²) < 4.78 is 16.1. The van der Waals surface area contributed by atoms with E-state index in [1.54, 1.807) is 36.8 Å². The first kappa shape index (κ1) is 19.5. The summed E-state index contributed by atoms with van der Waals surface area (Å²) in [6, 6.07) is 11.0. The van der Waals surface area contributed by atoms with Crippen LogP contribution >= 0.6 is 11.3 Å². The van der Waals surface area contributed by atoms with E-state index < -0.39 is 0 Å². The molecule has 0 spiro atoms. The van der Waals surface area contributed by atoms with Crippen LogP contribution in [0.2, 0.25) is 0 Å². The Hall–Kier alpha value is -2.84. The van der Waals surface area contributed by atoms with Crippen LogP contribution in [0.1, 0.15) is 5.01 Å². The van der Waals surface area contributed by atoms with Crippen LogP contribution in [0.3, 0.4) is 0 Å². The summed E-state index contributed by atoms with van der Waals surface area (Å²) in [6.45, 7) is 3.87. The highest BCUT2D eigenvalue weighted by Gasteiger charge is 2.22. The average molecular weight is 413 g/mol. The molecule has 1 aliphatic heterocycles. The Labute approximate surface area is 173 Å². The number of nitrogens with zero attached hydrogens (tertiary/aromatic N) is 3. The molecule has 0 atom stereocenters. The molecule has 0 radical (unpaired) electrons. The van der Waals surface area contributed by atoms with Gasteiger partial charge in [0.15, 0.2) is 12.4 Å². The minimum atomic E-state index is 0.00909. The molecule has 29 heavy (non-hydrogen) atoms. The topological polar surface area (TPSA) is 68.0 Å². The number of ether oxygens (including phenoxy) is 2. The minimum Gasteiger partial charge on any atom is -0.497 e. The summed E-state index contributed by atoms with van der Waals surface area (Å²) in [7, 11) is 1.62. The van der Waals surface area contributed by atoms with Gasteiger partial charge >= 0.3 is 0 Å². The number of aromatic nitrogens is 1. The molecule has 0 bridgehead atoms. The van der Waals surface area contributed by atoms with Gasteiger partial charge in [-0.3, -0.25) is 9.69 Å². The highest BCUT2D eigenvalue weighted by atomic mass is 32.1. The molecule has 1 saturated heterocycles. The largest absolute Gasteiger partial charge is 0.497 e. The van der Waals surface area contributed by atoms with Gasteiger partial charge in [0.05, 0.1) is 19.9 Å². The summed E-state index contributed by atoms with van der Waals surface area (Å²) in [6.07, 6.45) is 1.66. The number of hydrogen-bond donors (Lipinski definition) is 0. The van der Waals surface area contributed by atoms with Gasteiger partial charge in [-0.15, -0.1) is 11.3 Å². The lowest BCUT2D eigenvalue weighted by Gasteiger charge is -2.34.